The Balaban J connectivity index is 2.32. The fraction of sp³-hybridized carbons (Fsp3) is 0.250. The molecule has 18 heavy (non-hydrogen) atoms. The van der Waals surface area contributed by atoms with Gasteiger partial charge in [0.25, 0.3) is 0 Å². The van der Waals surface area contributed by atoms with Gasteiger partial charge in [-0.05, 0) is 11.6 Å². The van der Waals surface area contributed by atoms with E-state index in [1.165, 1.54) is 0 Å². The summed E-state index contributed by atoms with van der Waals surface area (Å²) in [5.41, 5.74) is 1.34. The van der Waals surface area contributed by atoms with E-state index in [0.717, 1.165) is 5.39 Å². The van der Waals surface area contributed by atoms with E-state index in [9.17, 15) is 8.42 Å². The summed E-state index contributed by atoms with van der Waals surface area (Å²) in [6.45, 7) is -0.187. The summed E-state index contributed by atoms with van der Waals surface area (Å²) >= 11 is 0. The smallest absolute Gasteiger partial charge is 0.215 e. The second-order valence-electron chi connectivity index (χ2n) is 3.87. The van der Waals surface area contributed by atoms with Crippen molar-refractivity contribution in [3.8, 4) is 0 Å². The minimum atomic E-state index is -3.44. The summed E-state index contributed by atoms with van der Waals surface area (Å²) < 4.78 is 25.8. The minimum absolute atomic E-state index is 0.0283. The Morgan fingerprint density at radius 2 is 2.00 bits per heavy atom. The molecule has 2 N–H and O–H groups in total. The van der Waals surface area contributed by atoms with E-state index < -0.39 is 10.0 Å². The zero-order chi connectivity index (χ0) is 13.0. The first-order valence-electron chi connectivity index (χ1n) is 5.53. The molecule has 0 unspecified atom stereocenters. The Morgan fingerprint density at radius 3 is 2.78 bits per heavy atom. The number of rotatable bonds is 5. The molecule has 0 saturated heterocycles. The number of hydrogen-bond donors (Lipinski definition) is 2. The van der Waals surface area contributed by atoms with Crippen molar-refractivity contribution in [3.05, 3.63) is 42.1 Å². The van der Waals surface area contributed by atoms with Gasteiger partial charge in [0.2, 0.25) is 10.0 Å². The Morgan fingerprint density at radius 1 is 1.22 bits per heavy atom. The van der Waals surface area contributed by atoms with Crippen LogP contribution in [0.15, 0.2) is 36.5 Å². The summed E-state index contributed by atoms with van der Waals surface area (Å²) in [5.74, 6) is -0.138. The first-order chi connectivity index (χ1) is 8.62. The molecule has 5 nitrogen and oxygen atoms in total. The zero-order valence-electron chi connectivity index (χ0n) is 9.70. The van der Waals surface area contributed by atoms with Crippen LogP contribution in [0.3, 0.4) is 0 Å². The molecular weight excluding hydrogens is 252 g/mol. The quantitative estimate of drug-likeness (QED) is 0.832. The van der Waals surface area contributed by atoms with Crippen molar-refractivity contribution in [2.45, 2.75) is 5.75 Å². The van der Waals surface area contributed by atoms with Crippen LogP contribution in [0.2, 0.25) is 0 Å². The van der Waals surface area contributed by atoms with Gasteiger partial charge in [-0.2, -0.15) is 0 Å². The number of nitrogens with one attached hydrogen (secondary N) is 1. The van der Waals surface area contributed by atoms with Crippen LogP contribution in [0.5, 0.6) is 0 Å². The minimum Gasteiger partial charge on any atom is -0.395 e. The van der Waals surface area contributed by atoms with Crippen LogP contribution in [0.25, 0.3) is 10.9 Å². The number of aromatic nitrogens is 1. The van der Waals surface area contributed by atoms with Crippen LogP contribution in [-0.2, 0) is 15.8 Å². The monoisotopic (exact) mass is 266 g/mol. The van der Waals surface area contributed by atoms with Crippen LogP contribution in [-0.4, -0.2) is 31.7 Å². The van der Waals surface area contributed by atoms with Crippen molar-refractivity contribution in [2.75, 3.05) is 13.2 Å². The number of benzene rings is 1. The molecule has 0 bridgehead atoms. The van der Waals surface area contributed by atoms with E-state index >= 15 is 0 Å². The Labute approximate surface area is 106 Å². The highest BCUT2D eigenvalue weighted by molar-refractivity contribution is 7.88. The fourth-order valence-electron chi connectivity index (χ4n) is 1.74. The van der Waals surface area contributed by atoms with Crippen LogP contribution in [0.1, 0.15) is 5.56 Å². The third kappa shape index (κ3) is 3.04. The molecule has 1 aromatic carbocycles. The molecule has 1 aromatic heterocycles. The first-order valence-corrected chi connectivity index (χ1v) is 7.18. The normalized spacial score (nSPS) is 11.8. The van der Waals surface area contributed by atoms with E-state index in [-0.39, 0.29) is 18.9 Å². The van der Waals surface area contributed by atoms with Crippen LogP contribution >= 0.6 is 0 Å². The van der Waals surface area contributed by atoms with E-state index in [4.69, 9.17) is 5.11 Å². The van der Waals surface area contributed by atoms with Crippen molar-refractivity contribution in [3.63, 3.8) is 0 Å². The van der Waals surface area contributed by atoms with Gasteiger partial charge >= 0.3 is 0 Å². The lowest BCUT2D eigenvalue weighted by Crippen LogP contribution is -2.27. The van der Waals surface area contributed by atoms with Gasteiger partial charge in [-0.1, -0.05) is 24.3 Å². The summed E-state index contributed by atoms with van der Waals surface area (Å²) in [4.78, 5) is 4.20. The average molecular weight is 266 g/mol. The van der Waals surface area contributed by atoms with Gasteiger partial charge < -0.3 is 5.11 Å². The highest BCUT2D eigenvalue weighted by Gasteiger charge is 2.13. The molecule has 0 aliphatic carbocycles. The molecule has 0 atom stereocenters. The number of hydrogen-bond acceptors (Lipinski definition) is 4. The maximum atomic E-state index is 11.8. The molecule has 0 aliphatic heterocycles. The number of fused-ring (bicyclic) bond motifs is 1. The Kier molecular flexibility index (Phi) is 3.90. The molecule has 0 radical (unpaired) electrons. The summed E-state index contributed by atoms with van der Waals surface area (Å²) in [6.07, 6.45) is 1.64. The highest BCUT2D eigenvalue weighted by atomic mass is 32.2. The third-order valence-electron chi connectivity index (χ3n) is 2.50. The molecule has 2 aromatic rings. The van der Waals surface area contributed by atoms with Gasteiger partial charge in [-0.15, -0.1) is 0 Å². The van der Waals surface area contributed by atoms with Crippen molar-refractivity contribution < 1.29 is 13.5 Å². The average Bonchev–Trinajstić information content (AvgIpc) is 2.37. The van der Waals surface area contributed by atoms with Crippen molar-refractivity contribution in [2.24, 2.45) is 0 Å². The summed E-state index contributed by atoms with van der Waals surface area (Å²) in [5, 5.41) is 9.54. The molecule has 6 heteroatoms. The molecular formula is C12H14N2O3S. The topological polar surface area (TPSA) is 79.3 Å². The number of aliphatic hydroxyl groups excluding tert-OH is 1. The van der Waals surface area contributed by atoms with E-state index in [1.54, 1.807) is 18.3 Å². The molecule has 0 aliphatic rings. The Bertz CT molecular complexity index is 635. The van der Waals surface area contributed by atoms with E-state index in [2.05, 4.69) is 9.71 Å². The number of nitrogens with zero attached hydrogens (tertiary/aromatic N) is 1. The largest absolute Gasteiger partial charge is 0.395 e. The number of sulfonamides is 1. The lowest BCUT2D eigenvalue weighted by atomic mass is 10.1. The lowest BCUT2D eigenvalue weighted by Gasteiger charge is -2.07. The van der Waals surface area contributed by atoms with Gasteiger partial charge in [-0.3, -0.25) is 4.98 Å². The summed E-state index contributed by atoms with van der Waals surface area (Å²) in [6, 6.07) is 9.14. The van der Waals surface area contributed by atoms with Gasteiger partial charge in [0.15, 0.2) is 0 Å². The Hall–Kier alpha value is -1.50. The van der Waals surface area contributed by atoms with Crippen LogP contribution in [0, 0.1) is 0 Å². The van der Waals surface area contributed by atoms with Gasteiger partial charge in [-0.25, -0.2) is 13.1 Å². The number of para-hydroxylation sites is 1. The van der Waals surface area contributed by atoms with Crippen molar-refractivity contribution in [1.82, 2.24) is 9.71 Å². The van der Waals surface area contributed by atoms with E-state index in [0.29, 0.717) is 11.1 Å². The number of pyridine rings is 1. The molecule has 0 fully saturated rings. The van der Waals surface area contributed by atoms with Gasteiger partial charge in [0.05, 0.1) is 17.9 Å². The van der Waals surface area contributed by atoms with Gasteiger partial charge in [0, 0.05) is 18.1 Å². The number of aliphatic hydroxyl groups is 1. The maximum absolute atomic E-state index is 11.8. The second kappa shape index (κ2) is 5.43. The lowest BCUT2D eigenvalue weighted by molar-refractivity contribution is 0.301. The zero-order valence-corrected chi connectivity index (χ0v) is 10.5. The fourth-order valence-corrected chi connectivity index (χ4v) is 2.89. The molecule has 0 spiro atoms. The molecule has 96 valence electrons. The van der Waals surface area contributed by atoms with Crippen LogP contribution in [0.4, 0.5) is 0 Å². The van der Waals surface area contributed by atoms with Crippen molar-refractivity contribution in [1.29, 1.82) is 0 Å². The standard InChI is InChI=1S/C12H14N2O3S/c15-8-7-14-18(16,17)9-11-4-1-3-10-5-2-6-13-12(10)11/h1-6,14-15H,7-9H2. The first kappa shape index (κ1) is 12.9. The highest BCUT2D eigenvalue weighted by Crippen LogP contribution is 2.17. The molecule has 0 amide bonds. The van der Waals surface area contributed by atoms with Crippen molar-refractivity contribution >= 4 is 20.9 Å². The van der Waals surface area contributed by atoms with Gasteiger partial charge in [0.1, 0.15) is 0 Å². The maximum Gasteiger partial charge on any atom is 0.215 e. The predicted molar refractivity (Wildman–Crippen MR) is 69.5 cm³/mol. The SMILES string of the molecule is O=S(=O)(Cc1cccc2cccnc12)NCCO. The third-order valence-corrected chi connectivity index (χ3v) is 3.83. The predicted octanol–water partition coefficient (Wildman–Crippen LogP) is 0.647. The molecule has 2 rings (SSSR count). The van der Waals surface area contributed by atoms with E-state index in [1.807, 2.05) is 18.2 Å². The second-order valence-corrected chi connectivity index (χ2v) is 5.68. The summed E-state index contributed by atoms with van der Waals surface area (Å²) in [7, 11) is -3.44. The molecule has 0 saturated carbocycles. The van der Waals surface area contributed by atoms with Crippen LogP contribution < -0.4 is 4.72 Å². The molecule has 1 heterocycles.